The molecule has 0 amide bonds. The van der Waals surface area contributed by atoms with Gasteiger partial charge < -0.3 is 5.73 Å². The Morgan fingerprint density at radius 1 is 1.42 bits per heavy atom. The Kier molecular flexibility index (Phi) is 3.92. The molecule has 0 spiro atoms. The van der Waals surface area contributed by atoms with Gasteiger partial charge in [0, 0.05) is 18.7 Å². The van der Waals surface area contributed by atoms with E-state index in [-0.39, 0.29) is 11.9 Å². The van der Waals surface area contributed by atoms with E-state index in [1.807, 2.05) is 6.92 Å². The van der Waals surface area contributed by atoms with Crippen LogP contribution in [0, 0.1) is 19.7 Å². The van der Waals surface area contributed by atoms with Crippen LogP contribution in [0.15, 0.2) is 18.2 Å². The highest BCUT2D eigenvalue weighted by Crippen LogP contribution is 2.25. The first-order chi connectivity index (χ1) is 8.90. The van der Waals surface area contributed by atoms with Crippen molar-refractivity contribution in [1.29, 1.82) is 0 Å². The molecule has 5 heteroatoms. The molecule has 102 valence electrons. The summed E-state index contributed by atoms with van der Waals surface area (Å²) in [5, 5.41) is 4.86. The van der Waals surface area contributed by atoms with E-state index in [9.17, 15) is 4.39 Å². The van der Waals surface area contributed by atoms with Gasteiger partial charge in [0.05, 0.1) is 5.69 Å². The summed E-state index contributed by atoms with van der Waals surface area (Å²) in [6.45, 7) is 3.64. The maximum Gasteiger partial charge on any atom is 0.130 e. The average molecular weight is 282 g/mol. The van der Waals surface area contributed by atoms with Crippen molar-refractivity contribution in [1.82, 2.24) is 9.78 Å². The molecular weight excluding hydrogens is 265 g/mol. The van der Waals surface area contributed by atoms with Gasteiger partial charge in [0.15, 0.2) is 0 Å². The molecule has 0 radical (unpaired) electrons. The molecule has 1 atom stereocenters. The van der Waals surface area contributed by atoms with Crippen molar-refractivity contribution in [3.8, 4) is 0 Å². The Bertz CT molecular complexity index is 607. The summed E-state index contributed by atoms with van der Waals surface area (Å²) in [6, 6.07) is 4.72. The van der Waals surface area contributed by atoms with E-state index in [0.29, 0.717) is 17.1 Å². The molecule has 0 fully saturated rings. The second kappa shape index (κ2) is 5.31. The van der Waals surface area contributed by atoms with Crippen molar-refractivity contribution in [2.24, 2.45) is 12.8 Å². The van der Waals surface area contributed by atoms with E-state index in [1.54, 1.807) is 30.8 Å². The average Bonchev–Trinajstić information content (AvgIpc) is 2.59. The molecule has 0 aliphatic carbocycles. The maximum absolute atomic E-state index is 13.2. The lowest BCUT2D eigenvalue weighted by molar-refractivity contribution is 0.614. The first-order valence-electron chi connectivity index (χ1n) is 6.09. The van der Waals surface area contributed by atoms with E-state index in [2.05, 4.69) is 5.10 Å². The zero-order valence-corrected chi connectivity index (χ0v) is 12.0. The number of nitrogens with two attached hydrogens (primary N) is 1. The van der Waals surface area contributed by atoms with E-state index in [4.69, 9.17) is 17.3 Å². The number of rotatable bonds is 3. The fourth-order valence-electron chi connectivity index (χ4n) is 2.14. The summed E-state index contributed by atoms with van der Waals surface area (Å²) in [4.78, 5) is 0. The summed E-state index contributed by atoms with van der Waals surface area (Å²) in [6.07, 6.45) is 0.587. The lowest BCUT2D eigenvalue weighted by Gasteiger charge is -2.13. The Hall–Kier alpha value is -1.39. The number of nitrogens with zero attached hydrogens (tertiary/aromatic N) is 2. The lowest BCUT2D eigenvalue weighted by atomic mass is 9.98. The van der Waals surface area contributed by atoms with E-state index in [1.165, 1.54) is 6.07 Å². The van der Waals surface area contributed by atoms with Crippen LogP contribution in [-0.2, 0) is 13.5 Å². The molecule has 0 saturated heterocycles. The van der Waals surface area contributed by atoms with Gasteiger partial charge in [-0.25, -0.2) is 4.39 Å². The zero-order chi connectivity index (χ0) is 14.2. The summed E-state index contributed by atoms with van der Waals surface area (Å²) in [7, 11) is 1.80. The molecule has 0 aliphatic heterocycles. The van der Waals surface area contributed by atoms with Crippen LogP contribution in [0.1, 0.15) is 28.4 Å². The molecular formula is C14H17ClFN3. The van der Waals surface area contributed by atoms with Crippen molar-refractivity contribution >= 4 is 11.6 Å². The number of benzene rings is 1. The quantitative estimate of drug-likeness (QED) is 0.940. The topological polar surface area (TPSA) is 43.8 Å². The monoisotopic (exact) mass is 281 g/mol. The molecule has 2 rings (SSSR count). The standard InChI is InChI=1S/C14H17ClFN3/c1-8-6-10(4-5-12(8)16)13(17)7-11-9(2)18-19(3)14(11)15/h4-6,13H,7,17H2,1-3H3. The second-order valence-corrected chi connectivity index (χ2v) is 5.16. The van der Waals surface area contributed by atoms with Crippen molar-refractivity contribution in [3.05, 3.63) is 51.6 Å². The van der Waals surface area contributed by atoms with Crippen LogP contribution in [0.4, 0.5) is 4.39 Å². The van der Waals surface area contributed by atoms with Gasteiger partial charge in [0.25, 0.3) is 0 Å². The van der Waals surface area contributed by atoms with Crippen LogP contribution in [-0.4, -0.2) is 9.78 Å². The van der Waals surface area contributed by atoms with Gasteiger partial charge in [-0.05, 0) is 37.5 Å². The number of aryl methyl sites for hydroxylation is 3. The number of hydrogen-bond donors (Lipinski definition) is 1. The smallest absolute Gasteiger partial charge is 0.130 e. The van der Waals surface area contributed by atoms with Gasteiger partial charge >= 0.3 is 0 Å². The zero-order valence-electron chi connectivity index (χ0n) is 11.2. The van der Waals surface area contributed by atoms with E-state index < -0.39 is 0 Å². The van der Waals surface area contributed by atoms with Crippen molar-refractivity contribution in [2.45, 2.75) is 26.3 Å². The van der Waals surface area contributed by atoms with Gasteiger partial charge in [-0.2, -0.15) is 5.10 Å². The Balaban J connectivity index is 2.25. The van der Waals surface area contributed by atoms with Gasteiger partial charge in [0.2, 0.25) is 0 Å². The molecule has 0 saturated carbocycles. The van der Waals surface area contributed by atoms with Crippen LogP contribution < -0.4 is 5.73 Å². The predicted octanol–water partition coefficient (Wildman–Crippen LogP) is 3.07. The fraction of sp³-hybridized carbons (Fsp3) is 0.357. The number of hydrogen-bond acceptors (Lipinski definition) is 2. The molecule has 3 nitrogen and oxygen atoms in total. The van der Waals surface area contributed by atoms with Crippen molar-refractivity contribution in [2.75, 3.05) is 0 Å². The molecule has 0 aliphatic rings. The third-order valence-corrected chi connectivity index (χ3v) is 3.78. The summed E-state index contributed by atoms with van der Waals surface area (Å²) >= 11 is 6.19. The highest BCUT2D eigenvalue weighted by atomic mass is 35.5. The summed E-state index contributed by atoms with van der Waals surface area (Å²) in [5.74, 6) is -0.216. The van der Waals surface area contributed by atoms with Gasteiger partial charge in [-0.15, -0.1) is 0 Å². The lowest BCUT2D eigenvalue weighted by Crippen LogP contribution is -2.14. The normalized spacial score (nSPS) is 12.7. The second-order valence-electron chi connectivity index (χ2n) is 4.80. The van der Waals surface area contributed by atoms with Crippen molar-refractivity contribution < 1.29 is 4.39 Å². The SMILES string of the molecule is Cc1cc(C(N)Cc2c(C)nn(C)c2Cl)ccc1F. The van der Waals surface area contributed by atoms with E-state index >= 15 is 0 Å². The number of aromatic nitrogens is 2. The summed E-state index contributed by atoms with van der Waals surface area (Å²) in [5.41, 5.74) is 9.49. The molecule has 0 bridgehead atoms. The van der Waals surface area contributed by atoms with Crippen molar-refractivity contribution in [3.63, 3.8) is 0 Å². The van der Waals surface area contributed by atoms with Gasteiger partial charge in [0.1, 0.15) is 11.0 Å². The molecule has 1 aromatic heterocycles. The first kappa shape index (κ1) is 14.0. The van der Waals surface area contributed by atoms with Crippen LogP contribution in [0.2, 0.25) is 5.15 Å². The minimum absolute atomic E-state index is 0.216. The van der Waals surface area contributed by atoms with Crippen LogP contribution in [0.25, 0.3) is 0 Å². The minimum Gasteiger partial charge on any atom is -0.324 e. The molecule has 2 aromatic rings. The molecule has 19 heavy (non-hydrogen) atoms. The Morgan fingerprint density at radius 3 is 2.63 bits per heavy atom. The fourth-order valence-corrected chi connectivity index (χ4v) is 2.39. The maximum atomic E-state index is 13.2. The Morgan fingerprint density at radius 2 is 2.11 bits per heavy atom. The molecule has 2 N–H and O–H groups in total. The first-order valence-corrected chi connectivity index (χ1v) is 6.47. The minimum atomic E-state index is -0.223. The van der Waals surface area contributed by atoms with Crippen LogP contribution in [0.3, 0.4) is 0 Å². The number of halogens is 2. The largest absolute Gasteiger partial charge is 0.324 e. The van der Waals surface area contributed by atoms with Crippen LogP contribution in [0.5, 0.6) is 0 Å². The molecule has 1 heterocycles. The molecule has 1 unspecified atom stereocenters. The van der Waals surface area contributed by atoms with Crippen LogP contribution >= 0.6 is 11.6 Å². The predicted molar refractivity (Wildman–Crippen MR) is 74.7 cm³/mol. The molecule has 1 aromatic carbocycles. The van der Waals surface area contributed by atoms with Gasteiger partial charge in [-0.3, -0.25) is 4.68 Å². The Labute approximate surface area is 117 Å². The highest BCUT2D eigenvalue weighted by Gasteiger charge is 2.16. The van der Waals surface area contributed by atoms with E-state index in [0.717, 1.165) is 16.8 Å². The summed E-state index contributed by atoms with van der Waals surface area (Å²) < 4.78 is 14.9. The third-order valence-electron chi connectivity index (χ3n) is 3.30. The highest BCUT2D eigenvalue weighted by molar-refractivity contribution is 6.30. The van der Waals surface area contributed by atoms with Gasteiger partial charge in [-0.1, -0.05) is 23.7 Å². The third kappa shape index (κ3) is 2.80.